The van der Waals surface area contributed by atoms with Crippen LogP contribution in [0.5, 0.6) is 0 Å². The molecule has 2 atom stereocenters. The molecule has 3 heteroatoms. The summed E-state index contributed by atoms with van der Waals surface area (Å²) >= 11 is 0. The Balaban J connectivity index is 1.51. The van der Waals surface area contributed by atoms with Gasteiger partial charge in [-0.3, -0.25) is 4.90 Å². The Bertz CT molecular complexity index is 542. The molecule has 3 nitrogen and oxygen atoms in total. The molecule has 0 amide bonds. The van der Waals surface area contributed by atoms with Gasteiger partial charge in [0.25, 0.3) is 0 Å². The van der Waals surface area contributed by atoms with Crippen molar-refractivity contribution in [3.05, 3.63) is 23.3 Å². The Hall–Kier alpha value is -0.640. The molecule has 1 spiro atoms. The fraction of sp³-hybridized carbons (Fsp3) is 0.789. The van der Waals surface area contributed by atoms with Gasteiger partial charge in [-0.25, -0.2) is 0 Å². The first-order chi connectivity index (χ1) is 10.7. The molecule has 0 aromatic heterocycles. The highest BCUT2D eigenvalue weighted by Gasteiger charge is 2.55. The Morgan fingerprint density at radius 1 is 1.23 bits per heavy atom. The van der Waals surface area contributed by atoms with Crippen molar-refractivity contribution in [3.8, 4) is 0 Å². The van der Waals surface area contributed by atoms with Gasteiger partial charge in [0.2, 0.25) is 0 Å². The summed E-state index contributed by atoms with van der Waals surface area (Å²) in [5, 5.41) is 0. The molecule has 0 N–H and O–H groups in total. The normalized spacial score (nSPS) is 40.3. The van der Waals surface area contributed by atoms with Crippen molar-refractivity contribution < 1.29 is 9.47 Å². The molecular formula is C19H27NO2. The van der Waals surface area contributed by atoms with Crippen LogP contribution in [0.4, 0.5) is 0 Å². The molecule has 0 radical (unpaired) electrons. The van der Waals surface area contributed by atoms with Crippen molar-refractivity contribution in [2.24, 2.45) is 11.3 Å². The maximum absolute atomic E-state index is 6.06. The SMILES string of the molecule is CC1=CCC2C3=CCC4(CC13CCN2CC1CC1)OCCO4. The average Bonchev–Trinajstić information content (AvgIpc) is 3.24. The molecule has 22 heavy (non-hydrogen) atoms. The van der Waals surface area contributed by atoms with Crippen molar-refractivity contribution >= 4 is 0 Å². The van der Waals surface area contributed by atoms with Crippen molar-refractivity contribution in [3.63, 3.8) is 0 Å². The number of piperidine rings is 1. The third kappa shape index (κ3) is 1.92. The van der Waals surface area contributed by atoms with Crippen molar-refractivity contribution in [1.82, 2.24) is 4.90 Å². The van der Waals surface area contributed by atoms with Crippen LogP contribution in [0.3, 0.4) is 0 Å². The van der Waals surface area contributed by atoms with Gasteiger partial charge in [0.15, 0.2) is 5.79 Å². The maximum Gasteiger partial charge on any atom is 0.173 e. The lowest BCUT2D eigenvalue weighted by Crippen LogP contribution is -2.56. The molecule has 5 aliphatic rings. The Morgan fingerprint density at radius 2 is 2.05 bits per heavy atom. The zero-order valence-corrected chi connectivity index (χ0v) is 13.6. The quantitative estimate of drug-likeness (QED) is 0.731. The molecule has 0 aromatic carbocycles. The van der Waals surface area contributed by atoms with E-state index in [1.54, 1.807) is 11.1 Å². The van der Waals surface area contributed by atoms with Gasteiger partial charge in [-0.2, -0.15) is 0 Å². The molecule has 3 aliphatic carbocycles. The Kier molecular flexibility index (Phi) is 2.93. The van der Waals surface area contributed by atoms with Crippen LogP contribution in [-0.2, 0) is 9.47 Å². The first kappa shape index (κ1) is 13.8. The molecule has 120 valence electrons. The van der Waals surface area contributed by atoms with E-state index in [-0.39, 0.29) is 11.2 Å². The minimum absolute atomic E-state index is 0.228. The average molecular weight is 301 g/mol. The van der Waals surface area contributed by atoms with Crippen LogP contribution in [0.15, 0.2) is 23.3 Å². The molecule has 2 aliphatic heterocycles. The largest absolute Gasteiger partial charge is 0.347 e. The standard InChI is InChI=1S/C19H27NO2/c1-14-2-5-17-16-6-7-19(21-10-11-22-19)13-18(14,16)8-9-20(17)12-15-3-4-15/h2,6,15,17H,3-5,7-13H2,1H3. The number of hydrogen-bond donors (Lipinski definition) is 0. The van der Waals surface area contributed by atoms with Crippen LogP contribution in [0.1, 0.15) is 45.4 Å². The summed E-state index contributed by atoms with van der Waals surface area (Å²) in [6.45, 7) is 6.44. The van der Waals surface area contributed by atoms with Gasteiger partial charge >= 0.3 is 0 Å². The molecular weight excluding hydrogens is 274 g/mol. The van der Waals surface area contributed by atoms with Crippen molar-refractivity contribution in [2.45, 2.75) is 57.3 Å². The smallest absolute Gasteiger partial charge is 0.173 e. The lowest BCUT2D eigenvalue weighted by Gasteiger charge is -2.56. The van der Waals surface area contributed by atoms with Crippen LogP contribution in [-0.4, -0.2) is 43.0 Å². The number of likely N-dealkylation sites (tertiary alicyclic amines) is 1. The zero-order valence-electron chi connectivity index (χ0n) is 13.6. The summed E-state index contributed by atoms with van der Waals surface area (Å²) in [6, 6.07) is 0.650. The molecule has 5 rings (SSSR count). The number of ether oxygens (including phenoxy) is 2. The molecule has 2 unspecified atom stereocenters. The second-order valence-corrected chi connectivity index (χ2v) is 8.06. The van der Waals surface area contributed by atoms with Crippen LogP contribution >= 0.6 is 0 Å². The van der Waals surface area contributed by atoms with E-state index >= 15 is 0 Å². The first-order valence-electron chi connectivity index (χ1n) is 9.11. The van der Waals surface area contributed by atoms with E-state index in [1.807, 2.05) is 0 Å². The highest BCUT2D eigenvalue weighted by molar-refractivity contribution is 5.41. The van der Waals surface area contributed by atoms with E-state index in [4.69, 9.17) is 9.47 Å². The number of nitrogens with zero attached hydrogens (tertiary/aromatic N) is 1. The summed E-state index contributed by atoms with van der Waals surface area (Å²) in [5.41, 5.74) is 3.49. The van der Waals surface area contributed by atoms with Gasteiger partial charge < -0.3 is 9.47 Å². The minimum atomic E-state index is -0.320. The Labute approximate surface area is 133 Å². The van der Waals surface area contributed by atoms with E-state index < -0.39 is 0 Å². The topological polar surface area (TPSA) is 21.7 Å². The van der Waals surface area contributed by atoms with E-state index in [0.717, 1.165) is 32.0 Å². The van der Waals surface area contributed by atoms with Gasteiger partial charge in [0.05, 0.1) is 13.2 Å². The van der Waals surface area contributed by atoms with Crippen LogP contribution < -0.4 is 0 Å². The fourth-order valence-electron chi connectivity index (χ4n) is 5.36. The van der Waals surface area contributed by atoms with Crippen LogP contribution in [0.25, 0.3) is 0 Å². The van der Waals surface area contributed by atoms with E-state index in [9.17, 15) is 0 Å². The minimum Gasteiger partial charge on any atom is -0.347 e. The van der Waals surface area contributed by atoms with Gasteiger partial charge in [-0.1, -0.05) is 17.7 Å². The predicted molar refractivity (Wildman–Crippen MR) is 85.5 cm³/mol. The van der Waals surface area contributed by atoms with Gasteiger partial charge in [0, 0.05) is 30.8 Å². The fourth-order valence-corrected chi connectivity index (χ4v) is 5.36. The lowest BCUT2D eigenvalue weighted by molar-refractivity contribution is -0.181. The number of hydrogen-bond acceptors (Lipinski definition) is 3. The maximum atomic E-state index is 6.06. The van der Waals surface area contributed by atoms with Crippen LogP contribution in [0.2, 0.25) is 0 Å². The second-order valence-electron chi connectivity index (χ2n) is 8.06. The molecule has 1 saturated carbocycles. The predicted octanol–water partition coefficient (Wildman–Crippen LogP) is 3.27. The molecule has 3 fully saturated rings. The third-order valence-electron chi connectivity index (χ3n) is 6.79. The summed E-state index contributed by atoms with van der Waals surface area (Å²) in [4.78, 5) is 2.78. The van der Waals surface area contributed by atoms with Gasteiger partial charge in [-0.15, -0.1) is 0 Å². The van der Waals surface area contributed by atoms with E-state index in [0.29, 0.717) is 6.04 Å². The second kappa shape index (κ2) is 4.68. The van der Waals surface area contributed by atoms with Gasteiger partial charge in [-0.05, 0) is 50.6 Å². The number of allylic oxidation sites excluding steroid dienone is 1. The summed E-state index contributed by atoms with van der Waals surface area (Å²) < 4.78 is 12.1. The monoisotopic (exact) mass is 301 g/mol. The number of rotatable bonds is 2. The summed E-state index contributed by atoms with van der Waals surface area (Å²) in [5.74, 6) is 0.663. The Morgan fingerprint density at radius 3 is 2.82 bits per heavy atom. The zero-order chi connectivity index (χ0) is 14.8. The van der Waals surface area contributed by atoms with Crippen molar-refractivity contribution in [2.75, 3.05) is 26.3 Å². The van der Waals surface area contributed by atoms with E-state index in [1.165, 1.54) is 38.8 Å². The van der Waals surface area contributed by atoms with Gasteiger partial charge in [0.1, 0.15) is 0 Å². The highest BCUT2D eigenvalue weighted by atomic mass is 16.7. The first-order valence-corrected chi connectivity index (χ1v) is 9.11. The summed E-state index contributed by atoms with van der Waals surface area (Å²) in [6.07, 6.45) is 12.4. The van der Waals surface area contributed by atoms with Crippen molar-refractivity contribution in [1.29, 1.82) is 0 Å². The lowest BCUT2D eigenvalue weighted by atomic mass is 9.57. The summed E-state index contributed by atoms with van der Waals surface area (Å²) in [7, 11) is 0. The molecule has 2 saturated heterocycles. The molecule has 2 bridgehead atoms. The molecule has 0 aromatic rings. The molecule has 2 heterocycles. The third-order valence-corrected chi connectivity index (χ3v) is 6.79. The highest BCUT2D eigenvalue weighted by Crippen LogP contribution is 2.58. The van der Waals surface area contributed by atoms with Crippen LogP contribution in [0, 0.1) is 11.3 Å². The van der Waals surface area contributed by atoms with E-state index in [2.05, 4.69) is 24.0 Å².